The van der Waals surface area contributed by atoms with Gasteiger partial charge in [-0.2, -0.15) is 0 Å². The van der Waals surface area contributed by atoms with Gasteiger partial charge in [-0.15, -0.1) is 0 Å². The van der Waals surface area contributed by atoms with Gasteiger partial charge in [0, 0.05) is 19.5 Å². The van der Waals surface area contributed by atoms with Gasteiger partial charge in [-0.25, -0.2) is 4.39 Å². The Balaban J connectivity index is 2.48. The SMILES string of the molecule is CC(=O)Nc1c(C(C)C)cc(OC(C)F)cc1C1CC1. The molecule has 0 saturated heterocycles. The Morgan fingerprint density at radius 1 is 1.35 bits per heavy atom. The molecule has 1 aliphatic carbocycles. The number of halogens is 1. The average molecular weight is 279 g/mol. The Morgan fingerprint density at radius 2 is 2.00 bits per heavy atom. The molecule has 1 unspecified atom stereocenters. The van der Waals surface area contributed by atoms with Crippen molar-refractivity contribution in [3.8, 4) is 5.75 Å². The standard InChI is InChI=1S/C16H22FNO2/c1-9(2)14-7-13(20-10(3)17)8-15(12-5-6-12)16(14)18-11(4)19/h7-10,12H,5-6H2,1-4H3,(H,18,19). The van der Waals surface area contributed by atoms with E-state index in [0.29, 0.717) is 11.7 Å². The molecular weight excluding hydrogens is 257 g/mol. The minimum Gasteiger partial charge on any atom is -0.461 e. The Morgan fingerprint density at radius 3 is 2.45 bits per heavy atom. The first kappa shape index (κ1) is 14.8. The fourth-order valence-corrected chi connectivity index (χ4v) is 2.41. The lowest BCUT2D eigenvalue weighted by molar-refractivity contribution is -0.114. The Bertz CT molecular complexity index is 484. The van der Waals surface area contributed by atoms with E-state index in [4.69, 9.17) is 4.74 Å². The van der Waals surface area contributed by atoms with Crippen molar-refractivity contribution < 1.29 is 13.9 Å². The molecule has 1 amide bonds. The number of ether oxygens (including phenoxy) is 1. The molecule has 1 N–H and O–H groups in total. The van der Waals surface area contributed by atoms with Crippen LogP contribution in [0.4, 0.5) is 10.1 Å². The highest BCUT2D eigenvalue weighted by Crippen LogP contribution is 2.47. The molecular formula is C16H22FNO2. The summed E-state index contributed by atoms with van der Waals surface area (Å²) < 4.78 is 18.3. The van der Waals surface area contributed by atoms with Crippen LogP contribution in [0.1, 0.15) is 63.5 Å². The number of carbonyl (C=O) groups excluding carboxylic acids is 1. The fraction of sp³-hybridized carbons (Fsp3) is 0.562. The second-order valence-corrected chi connectivity index (χ2v) is 5.75. The monoisotopic (exact) mass is 279 g/mol. The quantitative estimate of drug-likeness (QED) is 0.870. The van der Waals surface area contributed by atoms with Crippen LogP contribution in [0, 0.1) is 0 Å². The molecule has 1 atom stereocenters. The summed E-state index contributed by atoms with van der Waals surface area (Å²) >= 11 is 0. The van der Waals surface area contributed by atoms with Crippen molar-refractivity contribution in [2.24, 2.45) is 0 Å². The van der Waals surface area contributed by atoms with E-state index < -0.39 is 6.36 Å². The summed E-state index contributed by atoms with van der Waals surface area (Å²) in [6.45, 7) is 6.99. The van der Waals surface area contributed by atoms with Gasteiger partial charge in [0.2, 0.25) is 12.3 Å². The van der Waals surface area contributed by atoms with Crippen molar-refractivity contribution in [2.45, 2.75) is 58.7 Å². The summed E-state index contributed by atoms with van der Waals surface area (Å²) in [6.07, 6.45) is 0.881. The molecule has 1 saturated carbocycles. The van der Waals surface area contributed by atoms with Crippen LogP contribution in [-0.4, -0.2) is 12.3 Å². The Hall–Kier alpha value is -1.58. The van der Waals surface area contributed by atoms with Crippen LogP contribution in [0.2, 0.25) is 0 Å². The minimum absolute atomic E-state index is 0.0821. The molecule has 4 heteroatoms. The summed E-state index contributed by atoms with van der Waals surface area (Å²) in [7, 11) is 0. The van der Waals surface area contributed by atoms with E-state index in [9.17, 15) is 9.18 Å². The van der Waals surface area contributed by atoms with Crippen molar-refractivity contribution in [3.05, 3.63) is 23.3 Å². The summed E-state index contributed by atoms with van der Waals surface area (Å²) in [5.74, 6) is 1.14. The molecule has 0 radical (unpaired) electrons. The average Bonchev–Trinajstić information content (AvgIpc) is 3.12. The van der Waals surface area contributed by atoms with Crippen molar-refractivity contribution in [1.29, 1.82) is 0 Å². The summed E-state index contributed by atoms with van der Waals surface area (Å²) in [4.78, 5) is 11.4. The van der Waals surface area contributed by atoms with Crippen LogP contribution in [-0.2, 0) is 4.79 Å². The first-order valence-corrected chi connectivity index (χ1v) is 7.14. The van der Waals surface area contributed by atoms with E-state index in [1.807, 2.05) is 12.1 Å². The fourth-order valence-electron chi connectivity index (χ4n) is 2.41. The van der Waals surface area contributed by atoms with Crippen LogP contribution in [0.25, 0.3) is 0 Å². The van der Waals surface area contributed by atoms with Crippen LogP contribution >= 0.6 is 0 Å². The van der Waals surface area contributed by atoms with Crippen molar-refractivity contribution in [2.75, 3.05) is 5.32 Å². The number of benzene rings is 1. The molecule has 0 aliphatic heterocycles. The Kier molecular flexibility index (Phi) is 4.31. The second-order valence-electron chi connectivity index (χ2n) is 5.75. The number of carbonyl (C=O) groups is 1. The Labute approximate surface area is 119 Å². The number of anilines is 1. The first-order chi connectivity index (χ1) is 9.38. The van der Waals surface area contributed by atoms with Gasteiger partial charge >= 0.3 is 0 Å². The van der Waals surface area contributed by atoms with Crippen molar-refractivity contribution in [3.63, 3.8) is 0 Å². The summed E-state index contributed by atoms with van der Waals surface area (Å²) in [5, 5.41) is 2.94. The van der Waals surface area contributed by atoms with E-state index in [1.165, 1.54) is 13.8 Å². The predicted octanol–water partition coefficient (Wildman–Crippen LogP) is 4.34. The molecule has 20 heavy (non-hydrogen) atoms. The maximum absolute atomic E-state index is 13.1. The van der Waals surface area contributed by atoms with Crippen LogP contribution < -0.4 is 10.1 Å². The molecule has 1 aliphatic rings. The number of rotatable bonds is 5. The maximum Gasteiger partial charge on any atom is 0.235 e. The number of alkyl halides is 1. The summed E-state index contributed by atoms with van der Waals surface area (Å²) in [5.41, 5.74) is 2.95. The van der Waals surface area contributed by atoms with Gasteiger partial charge in [-0.1, -0.05) is 13.8 Å². The number of hydrogen-bond acceptors (Lipinski definition) is 2. The van der Waals surface area contributed by atoms with Crippen LogP contribution in [0.3, 0.4) is 0 Å². The van der Waals surface area contributed by atoms with Crippen LogP contribution in [0.15, 0.2) is 12.1 Å². The van der Waals surface area contributed by atoms with Gasteiger partial charge in [0.1, 0.15) is 5.75 Å². The first-order valence-electron chi connectivity index (χ1n) is 7.14. The number of nitrogens with one attached hydrogen (secondary N) is 1. The molecule has 2 rings (SSSR count). The van der Waals surface area contributed by atoms with E-state index in [-0.39, 0.29) is 11.8 Å². The van der Waals surface area contributed by atoms with Gasteiger partial charge in [0.25, 0.3) is 0 Å². The third-order valence-corrected chi connectivity index (χ3v) is 3.41. The van der Waals surface area contributed by atoms with E-state index in [2.05, 4.69) is 19.2 Å². The minimum atomic E-state index is -1.34. The number of amides is 1. The highest BCUT2D eigenvalue weighted by atomic mass is 19.1. The largest absolute Gasteiger partial charge is 0.461 e. The maximum atomic E-state index is 13.1. The highest BCUT2D eigenvalue weighted by Gasteiger charge is 2.29. The van der Waals surface area contributed by atoms with E-state index in [1.54, 1.807) is 0 Å². The van der Waals surface area contributed by atoms with Gasteiger partial charge in [0.05, 0.1) is 0 Å². The zero-order valence-corrected chi connectivity index (χ0v) is 12.5. The molecule has 0 aromatic heterocycles. The van der Waals surface area contributed by atoms with Crippen molar-refractivity contribution >= 4 is 11.6 Å². The molecule has 0 bridgehead atoms. The molecule has 0 spiro atoms. The molecule has 1 aromatic carbocycles. The normalized spacial score (nSPS) is 16.1. The summed E-state index contributed by atoms with van der Waals surface area (Å²) in [6, 6.07) is 3.70. The lowest BCUT2D eigenvalue weighted by atomic mass is 9.95. The van der Waals surface area contributed by atoms with E-state index >= 15 is 0 Å². The predicted molar refractivity (Wildman–Crippen MR) is 78.0 cm³/mol. The van der Waals surface area contributed by atoms with Crippen molar-refractivity contribution in [1.82, 2.24) is 0 Å². The molecule has 110 valence electrons. The highest BCUT2D eigenvalue weighted by molar-refractivity contribution is 5.91. The second kappa shape index (κ2) is 5.81. The van der Waals surface area contributed by atoms with Gasteiger partial charge in [-0.05, 0) is 47.9 Å². The van der Waals surface area contributed by atoms with E-state index in [0.717, 1.165) is 29.7 Å². The van der Waals surface area contributed by atoms with Gasteiger partial charge < -0.3 is 10.1 Å². The lowest BCUT2D eigenvalue weighted by Gasteiger charge is -2.20. The van der Waals surface area contributed by atoms with Crippen LogP contribution in [0.5, 0.6) is 5.75 Å². The zero-order chi connectivity index (χ0) is 14.9. The topological polar surface area (TPSA) is 38.3 Å². The van der Waals surface area contributed by atoms with Gasteiger partial charge in [0.15, 0.2) is 0 Å². The molecule has 1 fully saturated rings. The lowest BCUT2D eigenvalue weighted by Crippen LogP contribution is -2.12. The number of hydrogen-bond donors (Lipinski definition) is 1. The third-order valence-electron chi connectivity index (χ3n) is 3.41. The van der Waals surface area contributed by atoms with Gasteiger partial charge in [-0.3, -0.25) is 4.79 Å². The molecule has 3 nitrogen and oxygen atoms in total. The molecule has 1 aromatic rings. The zero-order valence-electron chi connectivity index (χ0n) is 12.5. The third kappa shape index (κ3) is 3.50. The smallest absolute Gasteiger partial charge is 0.235 e. The molecule has 0 heterocycles.